The molecule has 1 aromatic carbocycles. The minimum Gasteiger partial charge on any atom is -0.508 e. The van der Waals surface area contributed by atoms with Gasteiger partial charge in [-0.3, -0.25) is 0 Å². The zero-order valence-electron chi connectivity index (χ0n) is 16.5. The number of unbranched alkanes of at least 4 members (excludes halogenated alkanes) is 7. The standard InChI is InChI=1S/C24H38O.CH4/c1-3-4-5-6-7-8-9-10-11-19-15-22-16-21(19)17-23(22)20-12-13-24(25)18(2)14-20;/h12-14,19,21-23,25H,3-11,15-17H2,1-2H3;1H4. The molecule has 2 saturated carbocycles. The smallest absolute Gasteiger partial charge is 0.118 e. The van der Waals surface area contributed by atoms with E-state index in [1.165, 1.54) is 82.6 Å². The van der Waals surface area contributed by atoms with Gasteiger partial charge in [0.05, 0.1) is 0 Å². The van der Waals surface area contributed by atoms with E-state index < -0.39 is 0 Å². The highest BCUT2D eigenvalue weighted by Crippen LogP contribution is 2.57. The van der Waals surface area contributed by atoms with Crippen molar-refractivity contribution in [2.75, 3.05) is 0 Å². The normalized spacial score (nSPS) is 26.8. The van der Waals surface area contributed by atoms with Crippen molar-refractivity contribution in [1.82, 2.24) is 0 Å². The molecule has 2 aliphatic rings. The Morgan fingerprint density at radius 3 is 2.19 bits per heavy atom. The van der Waals surface area contributed by atoms with Crippen molar-refractivity contribution in [2.24, 2.45) is 17.8 Å². The van der Waals surface area contributed by atoms with Crippen LogP contribution in [-0.2, 0) is 0 Å². The molecule has 0 spiro atoms. The quantitative estimate of drug-likeness (QED) is 0.420. The molecular weight excluding hydrogens is 316 g/mol. The average Bonchev–Trinajstić information content (AvgIpc) is 3.20. The fourth-order valence-corrected chi connectivity index (χ4v) is 5.61. The molecule has 0 saturated heterocycles. The van der Waals surface area contributed by atoms with E-state index in [-0.39, 0.29) is 7.43 Å². The number of benzene rings is 1. The molecule has 4 unspecified atom stereocenters. The number of hydrogen-bond acceptors (Lipinski definition) is 1. The Labute approximate surface area is 162 Å². The zero-order valence-corrected chi connectivity index (χ0v) is 16.5. The average molecular weight is 359 g/mol. The first-order chi connectivity index (χ1) is 12.2. The number of phenolic OH excluding ortho intramolecular Hbond substituents is 1. The lowest BCUT2D eigenvalue weighted by Crippen LogP contribution is -2.16. The van der Waals surface area contributed by atoms with Crippen LogP contribution in [0.5, 0.6) is 5.75 Å². The van der Waals surface area contributed by atoms with Crippen molar-refractivity contribution in [3.63, 3.8) is 0 Å². The van der Waals surface area contributed by atoms with Gasteiger partial charge in [-0.05, 0) is 67.1 Å². The molecule has 2 bridgehead atoms. The van der Waals surface area contributed by atoms with E-state index in [4.69, 9.17) is 0 Å². The molecule has 0 amide bonds. The fraction of sp³-hybridized carbons (Fsp3) is 0.760. The van der Waals surface area contributed by atoms with Gasteiger partial charge >= 0.3 is 0 Å². The van der Waals surface area contributed by atoms with E-state index in [9.17, 15) is 5.11 Å². The van der Waals surface area contributed by atoms with E-state index in [1.807, 2.05) is 13.0 Å². The lowest BCUT2D eigenvalue weighted by molar-refractivity contribution is 0.282. The van der Waals surface area contributed by atoms with Gasteiger partial charge < -0.3 is 5.11 Å². The first kappa shape index (κ1) is 21.3. The van der Waals surface area contributed by atoms with Gasteiger partial charge in [0.1, 0.15) is 5.75 Å². The summed E-state index contributed by atoms with van der Waals surface area (Å²) in [7, 11) is 0. The predicted molar refractivity (Wildman–Crippen MR) is 114 cm³/mol. The predicted octanol–water partition coefficient (Wildman–Crippen LogP) is 8.00. The number of fused-ring (bicyclic) bond motifs is 2. The molecule has 4 atom stereocenters. The summed E-state index contributed by atoms with van der Waals surface area (Å²) < 4.78 is 0. The second-order valence-electron chi connectivity index (χ2n) is 8.90. The second kappa shape index (κ2) is 10.4. The van der Waals surface area contributed by atoms with Crippen LogP contribution in [-0.4, -0.2) is 5.11 Å². The summed E-state index contributed by atoms with van der Waals surface area (Å²) in [6, 6.07) is 6.30. The van der Waals surface area contributed by atoms with Crippen LogP contribution in [0, 0.1) is 24.7 Å². The fourth-order valence-electron chi connectivity index (χ4n) is 5.61. The number of aryl methyl sites for hydroxylation is 1. The largest absolute Gasteiger partial charge is 0.508 e. The van der Waals surface area contributed by atoms with Crippen molar-refractivity contribution in [1.29, 1.82) is 0 Å². The maximum Gasteiger partial charge on any atom is 0.118 e. The SMILES string of the molecule is C.CCCCCCCCCCC1CC2CC1CC2c1ccc(O)c(C)c1. The molecule has 1 nitrogen and oxygen atoms in total. The van der Waals surface area contributed by atoms with Gasteiger partial charge in [0.15, 0.2) is 0 Å². The van der Waals surface area contributed by atoms with Crippen LogP contribution in [0.1, 0.15) is 108 Å². The first-order valence-electron chi connectivity index (χ1n) is 11.0. The van der Waals surface area contributed by atoms with Crippen molar-refractivity contribution in [3.05, 3.63) is 29.3 Å². The molecule has 0 radical (unpaired) electrons. The Hall–Kier alpha value is -0.980. The third-order valence-corrected chi connectivity index (χ3v) is 7.08. The zero-order chi connectivity index (χ0) is 17.6. The van der Waals surface area contributed by atoms with Gasteiger partial charge in [-0.1, -0.05) is 84.3 Å². The monoisotopic (exact) mass is 358 g/mol. The summed E-state index contributed by atoms with van der Waals surface area (Å²) >= 11 is 0. The van der Waals surface area contributed by atoms with E-state index in [2.05, 4.69) is 19.1 Å². The Kier molecular flexibility index (Phi) is 8.51. The molecule has 26 heavy (non-hydrogen) atoms. The van der Waals surface area contributed by atoms with Crippen molar-refractivity contribution in [3.8, 4) is 5.75 Å². The van der Waals surface area contributed by atoms with Gasteiger partial charge in [0.25, 0.3) is 0 Å². The molecule has 0 heterocycles. The van der Waals surface area contributed by atoms with Gasteiger partial charge in [-0.25, -0.2) is 0 Å². The summed E-state index contributed by atoms with van der Waals surface area (Å²) in [5.41, 5.74) is 2.52. The van der Waals surface area contributed by atoms with Gasteiger partial charge in [0, 0.05) is 0 Å². The topological polar surface area (TPSA) is 20.2 Å². The molecule has 148 valence electrons. The highest BCUT2D eigenvalue weighted by Gasteiger charge is 2.45. The number of rotatable bonds is 10. The molecule has 0 aliphatic heterocycles. The minimum absolute atomic E-state index is 0. The third kappa shape index (κ3) is 5.27. The molecule has 3 rings (SSSR count). The Bertz CT molecular complexity index is 535. The lowest BCUT2D eigenvalue weighted by Gasteiger charge is -2.28. The van der Waals surface area contributed by atoms with Crippen LogP contribution >= 0.6 is 0 Å². The number of phenols is 1. The van der Waals surface area contributed by atoms with Gasteiger partial charge in [0.2, 0.25) is 0 Å². The van der Waals surface area contributed by atoms with E-state index >= 15 is 0 Å². The third-order valence-electron chi connectivity index (χ3n) is 7.08. The van der Waals surface area contributed by atoms with Crippen molar-refractivity contribution in [2.45, 2.75) is 104 Å². The highest BCUT2D eigenvalue weighted by atomic mass is 16.3. The Balaban J connectivity index is 0.00000243. The van der Waals surface area contributed by atoms with Crippen LogP contribution < -0.4 is 0 Å². The molecule has 1 aromatic rings. The summed E-state index contributed by atoms with van der Waals surface area (Å²) in [6.45, 7) is 4.32. The van der Waals surface area contributed by atoms with Crippen LogP contribution in [0.4, 0.5) is 0 Å². The van der Waals surface area contributed by atoms with E-state index in [0.29, 0.717) is 5.75 Å². The van der Waals surface area contributed by atoms with E-state index in [1.54, 1.807) is 0 Å². The van der Waals surface area contributed by atoms with Crippen LogP contribution in [0.2, 0.25) is 0 Å². The summed E-state index contributed by atoms with van der Waals surface area (Å²) in [5.74, 6) is 4.11. The molecular formula is C25H42O. The molecule has 0 aromatic heterocycles. The minimum atomic E-state index is 0. The summed E-state index contributed by atoms with van der Waals surface area (Å²) in [5, 5.41) is 9.76. The Morgan fingerprint density at radius 1 is 0.885 bits per heavy atom. The maximum atomic E-state index is 9.76. The molecule has 1 N–H and O–H groups in total. The second-order valence-corrected chi connectivity index (χ2v) is 8.90. The first-order valence-corrected chi connectivity index (χ1v) is 11.0. The van der Waals surface area contributed by atoms with Crippen LogP contribution in [0.3, 0.4) is 0 Å². The van der Waals surface area contributed by atoms with Gasteiger partial charge in [-0.15, -0.1) is 0 Å². The lowest BCUT2D eigenvalue weighted by atomic mass is 9.77. The van der Waals surface area contributed by atoms with Crippen LogP contribution in [0.25, 0.3) is 0 Å². The summed E-state index contributed by atoms with van der Waals surface area (Å²) in [6.07, 6.45) is 17.3. The van der Waals surface area contributed by atoms with Crippen molar-refractivity contribution < 1.29 is 5.11 Å². The highest BCUT2D eigenvalue weighted by molar-refractivity contribution is 5.37. The number of aromatic hydroxyl groups is 1. The molecule has 2 fully saturated rings. The number of hydrogen-bond donors (Lipinski definition) is 1. The van der Waals surface area contributed by atoms with Crippen LogP contribution in [0.15, 0.2) is 18.2 Å². The summed E-state index contributed by atoms with van der Waals surface area (Å²) in [4.78, 5) is 0. The van der Waals surface area contributed by atoms with Crippen molar-refractivity contribution >= 4 is 0 Å². The van der Waals surface area contributed by atoms with Gasteiger partial charge in [-0.2, -0.15) is 0 Å². The Morgan fingerprint density at radius 2 is 1.58 bits per heavy atom. The van der Waals surface area contributed by atoms with E-state index in [0.717, 1.165) is 29.2 Å². The molecule has 1 heteroatoms. The maximum absolute atomic E-state index is 9.76. The molecule has 2 aliphatic carbocycles.